The van der Waals surface area contributed by atoms with Crippen LogP contribution in [-0.4, -0.2) is 23.5 Å². The van der Waals surface area contributed by atoms with Crippen molar-refractivity contribution < 1.29 is 9.66 Å². The van der Waals surface area contributed by atoms with Gasteiger partial charge >= 0.3 is 0 Å². The molecule has 0 aliphatic rings. The van der Waals surface area contributed by atoms with Gasteiger partial charge in [-0.15, -0.1) is 0 Å². The molecule has 0 saturated heterocycles. The summed E-state index contributed by atoms with van der Waals surface area (Å²) in [7, 11) is 2.01. The maximum Gasteiger partial charge on any atom is 0.269 e. The van der Waals surface area contributed by atoms with E-state index in [4.69, 9.17) is 4.74 Å². The first-order chi connectivity index (χ1) is 11.0. The lowest BCUT2D eigenvalue weighted by molar-refractivity contribution is -0.384. The number of ether oxygens (including phenoxy) is 1. The maximum atomic E-state index is 10.9. The number of nitro benzene ring substituents is 1. The van der Waals surface area contributed by atoms with Crippen molar-refractivity contribution in [1.82, 2.24) is 4.90 Å². The van der Waals surface area contributed by atoms with Gasteiger partial charge in [0.15, 0.2) is 0 Å². The van der Waals surface area contributed by atoms with E-state index in [1.54, 1.807) is 12.1 Å². The van der Waals surface area contributed by atoms with Crippen LogP contribution in [0.2, 0.25) is 0 Å². The summed E-state index contributed by atoms with van der Waals surface area (Å²) in [6, 6.07) is 14.8. The van der Waals surface area contributed by atoms with E-state index < -0.39 is 0 Å². The number of non-ortho nitro benzene ring substituents is 1. The van der Waals surface area contributed by atoms with Gasteiger partial charge < -0.3 is 4.74 Å². The fourth-order valence-corrected chi connectivity index (χ4v) is 2.49. The number of nitrogens with zero attached hydrogens (tertiary/aromatic N) is 2. The molecule has 0 aliphatic heterocycles. The first-order valence-electron chi connectivity index (χ1n) is 7.68. The second kappa shape index (κ2) is 7.74. The van der Waals surface area contributed by atoms with Crippen molar-refractivity contribution >= 4 is 5.69 Å². The standard InChI is InChI=1S/C18H22N2O3/c1-4-23-18-11-6-5-8-16(18)13-19(3)14(2)15-9-7-10-17(12-15)20(21)22/h5-12,14H,4,13H2,1-3H3. The van der Waals surface area contributed by atoms with Gasteiger partial charge in [0.05, 0.1) is 11.5 Å². The van der Waals surface area contributed by atoms with Gasteiger partial charge in [-0.05, 0) is 32.5 Å². The van der Waals surface area contributed by atoms with Crippen LogP contribution in [0.25, 0.3) is 0 Å². The predicted octanol–water partition coefficient (Wildman–Crippen LogP) is 4.19. The monoisotopic (exact) mass is 314 g/mol. The summed E-state index contributed by atoms with van der Waals surface area (Å²) >= 11 is 0. The number of nitro groups is 1. The average molecular weight is 314 g/mol. The lowest BCUT2D eigenvalue weighted by Crippen LogP contribution is -2.22. The van der Waals surface area contributed by atoms with E-state index in [1.165, 1.54) is 6.07 Å². The highest BCUT2D eigenvalue weighted by molar-refractivity contribution is 5.36. The van der Waals surface area contributed by atoms with Gasteiger partial charge in [-0.3, -0.25) is 15.0 Å². The highest BCUT2D eigenvalue weighted by Crippen LogP contribution is 2.26. The summed E-state index contributed by atoms with van der Waals surface area (Å²) in [5, 5.41) is 10.9. The summed E-state index contributed by atoms with van der Waals surface area (Å²) in [4.78, 5) is 12.7. The summed E-state index contributed by atoms with van der Waals surface area (Å²) in [6.45, 7) is 5.34. The molecule has 5 heteroatoms. The van der Waals surface area contributed by atoms with Crippen molar-refractivity contribution in [3.63, 3.8) is 0 Å². The SMILES string of the molecule is CCOc1ccccc1CN(C)C(C)c1cccc([N+](=O)[O-])c1. The van der Waals surface area contributed by atoms with E-state index in [-0.39, 0.29) is 16.7 Å². The molecule has 0 aromatic heterocycles. The normalized spacial score (nSPS) is 12.2. The molecule has 0 aliphatic carbocycles. The van der Waals surface area contributed by atoms with E-state index in [0.29, 0.717) is 13.2 Å². The molecule has 1 unspecified atom stereocenters. The molecule has 2 rings (SSSR count). The zero-order chi connectivity index (χ0) is 16.8. The second-order valence-corrected chi connectivity index (χ2v) is 5.48. The summed E-state index contributed by atoms with van der Waals surface area (Å²) < 4.78 is 5.66. The highest BCUT2D eigenvalue weighted by atomic mass is 16.6. The molecule has 2 aromatic carbocycles. The molecule has 0 fully saturated rings. The van der Waals surface area contributed by atoms with Crippen LogP contribution in [0.1, 0.15) is 31.0 Å². The van der Waals surface area contributed by atoms with E-state index in [0.717, 1.165) is 16.9 Å². The van der Waals surface area contributed by atoms with Crippen molar-refractivity contribution in [2.75, 3.05) is 13.7 Å². The Morgan fingerprint density at radius 3 is 2.65 bits per heavy atom. The summed E-state index contributed by atoms with van der Waals surface area (Å²) in [5.41, 5.74) is 2.15. The Labute approximate surface area is 136 Å². The van der Waals surface area contributed by atoms with E-state index >= 15 is 0 Å². The Hall–Kier alpha value is -2.40. The van der Waals surface area contributed by atoms with Crippen molar-refractivity contribution in [2.45, 2.75) is 26.4 Å². The van der Waals surface area contributed by atoms with Gasteiger partial charge in [0.2, 0.25) is 0 Å². The van der Waals surface area contributed by atoms with Gasteiger partial charge in [-0.25, -0.2) is 0 Å². The largest absolute Gasteiger partial charge is 0.494 e. The van der Waals surface area contributed by atoms with Crippen LogP contribution >= 0.6 is 0 Å². The molecular formula is C18H22N2O3. The van der Waals surface area contributed by atoms with E-state index in [2.05, 4.69) is 4.90 Å². The first-order valence-corrected chi connectivity index (χ1v) is 7.68. The highest BCUT2D eigenvalue weighted by Gasteiger charge is 2.16. The third-order valence-electron chi connectivity index (χ3n) is 3.92. The molecule has 0 spiro atoms. The number of rotatable bonds is 7. The quantitative estimate of drug-likeness (QED) is 0.568. The minimum absolute atomic E-state index is 0.0598. The molecule has 122 valence electrons. The molecule has 0 N–H and O–H groups in total. The minimum atomic E-state index is -0.361. The Morgan fingerprint density at radius 1 is 1.22 bits per heavy atom. The zero-order valence-electron chi connectivity index (χ0n) is 13.7. The molecule has 0 heterocycles. The predicted molar refractivity (Wildman–Crippen MR) is 90.6 cm³/mol. The Balaban J connectivity index is 2.15. The van der Waals surface area contributed by atoms with Crippen LogP contribution < -0.4 is 4.74 Å². The van der Waals surface area contributed by atoms with E-state index in [9.17, 15) is 10.1 Å². The van der Waals surface area contributed by atoms with Crippen LogP contribution in [0.4, 0.5) is 5.69 Å². The Morgan fingerprint density at radius 2 is 1.96 bits per heavy atom. The molecule has 1 atom stereocenters. The topological polar surface area (TPSA) is 55.6 Å². The van der Waals surface area contributed by atoms with Gasteiger partial charge in [0.1, 0.15) is 5.75 Å². The van der Waals surface area contributed by atoms with Crippen molar-refractivity contribution in [2.24, 2.45) is 0 Å². The molecule has 0 amide bonds. The van der Waals surface area contributed by atoms with Crippen LogP contribution in [0.5, 0.6) is 5.75 Å². The van der Waals surface area contributed by atoms with Crippen molar-refractivity contribution in [3.8, 4) is 5.75 Å². The third kappa shape index (κ3) is 4.29. The van der Waals surface area contributed by atoms with Crippen LogP contribution in [-0.2, 0) is 6.54 Å². The van der Waals surface area contributed by atoms with Crippen LogP contribution in [0, 0.1) is 10.1 Å². The molecule has 2 aromatic rings. The van der Waals surface area contributed by atoms with Gasteiger partial charge in [0.25, 0.3) is 5.69 Å². The maximum absolute atomic E-state index is 10.9. The fraction of sp³-hybridized carbons (Fsp3) is 0.333. The lowest BCUT2D eigenvalue weighted by Gasteiger charge is -2.26. The minimum Gasteiger partial charge on any atom is -0.494 e. The van der Waals surface area contributed by atoms with Crippen LogP contribution in [0.15, 0.2) is 48.5 Å². The molecular weight excluding hydrogens is 292 g/mol. The van der Waals surface area contributed by atoms with Crippen molar-refractivity contribution in [1.29, 1.82) is 0 Å². The van der Waals surface area contributed by atoms with Crippen molar-refractivity contribution in [3.05, 3.63) is 69.8 Å². The second-order valence-electron chi connectivity index (χ2n) is 5.48. The molecule has 0 bridgehead atoms. The smallest absolute Gasteiger partial charge is 0.269 e. The molecule has 0 radical (unpaired) electrons. The summed E-state index contributed by atoms with van der Waals surface area (Å²) in [5.74, 6) is 0.882. The average Bonchev–Trinajstić information content (AvgIpc) is 2.56. The fourth-order valence-electron chi connectivity index (χ4n) is 2.49. The third-order valence-corrected chi connectivity index (χ3v) is 3.92. The van der Waals surface area contributed by atoms with Crippen LogP contribution in [0.3, 0.4) is 0 Å². The van der Waals surface area contributed by atoms with Gasteiger partial charge in [-0.1, -0.05) is 30.3 Å². The Bertz CT molecular complexity index is 673. The first kappa shape index (κ1) is 17.0. The molecule has 0 saturated carbocycles. The zero-order valence-corrected chi connectivity index (χ0v) is 13.7. The van der Waals surface area contributed by atoms with Gasteiger partial charge in [-0.2, -0.15) is 0 Å². The summed E-state index contributed by atoms with van der Waals surface area (Å²) in [6.07, 6.45) is 0. The Kier molecular flexibility index (Phi) is 5.71. The lowest BCUT2D eigenvalue weighted by atomic mass is 10.1. The van der Waals surface area contributed by atoms with E-state index in [1.807, 2.05) is 51.2 Å². The molecule has 23 heavy (non-hydrogen) atoms. The molecule has 5 nitrogen and oxygen atoms in total. The van der Waals surface area contributed by atoms with Gasteiger partial charge in [0, 0.05) is 30.3 Å². The number of para-hydroxylation sites is 1. The number of benzene rings is 2. The number of hydrogen-bond acceptors (Lipinski definition) is 4. The number of hydrogen-bond donors (Lipinski definition) is 0.